The Hall–Kier alpha value is -2.38. The summed E-state index contributed by atoms with van der Waals surface area (Å²) in [6.45, 7) is 0.121. The fraction of sp³-hybridized carbons (Fsp3) is 0.176. The number of thioether (sulfide) groups is 1. The zero-order valence-electron chi connectivity index (χ0n) is 13.4. The van der Waals surface area contributed by atoms with Gasteiger partial charge in [-0.05, 0) is 53.4 Å². The molecule has 1 aromatic heterocycles. The van der Waals surface area contributed by atoms with Gasteiger partial charge >= 0.3 is 5.97 Å². The van der Waals surface area contributed by atoms with Crippen molar-refractivity contribution in [2.24, 2.45) is 0 Å². The second-order valence-electron chi connectivity index (χ2n) is 5.16. The SMILES string of the molecule is CSc1ccc(COC(=O)Cn2nnc(-c3ccc(Cl)cc3)n2)cc1. The van der Waals surface area contributed by atoms with E-state index in [4.69, 9.17) is 16.3 Å². The van der Waals surface area contributed by atoms with Crippen molar-refractivity contribution in [3.05, 3.63) is 59.1 Å². The van der Waals surface area contributed by atoms with E-state index in [-0.39, 0.29) is 13.2 Å². The van der Waals surface area contributed by atoms with E-state index in [1.54, 1.807) is 36.0 Å². The molecule has 0 saturated carbocycles. The number of carbonyl (C=O) groups excluding carboxylic acids is 1. The fourth-order valence-corrected chi connectivity index (χ4v) is 2.61. The van der Waals surface area contributed by atoms with Crippen LogP contribution in [-0.4, -0.2) is 32.4 Å². The maximum Gasteiger partial charge on any atom is 0.330 e. The largest absolute Gasteiger partial charge is 0.459 e. The summed E-state index contributed by atoms with van der Waals surface area (Å²) in [5, 5.41) is 12.6. The van der Waals surface area contributed by atoms with E-state index >= 15 is 0 Å². The second-order valence-corrected chi connectivity index (χ2v) is 6.48. The van der Waals surface area contributed by atoms with Crippen LogP contribution < -0.4 is 0 Å². The highest BCUT2D eigenvalue weighted by Crippen LogP contribution is 2.17. The van der Waals surface area contributed by atoms with E-state index in [0.29, 0.717) is 10.8 Å². The number of rotatable bonds is 6. The number of halogens is 1. The maximum atomic E-state index is 11.9. The van der Waals surface area contributed by atoms with Crippen molar-refractivity contribution in [2.75, 3.05) is 6.26 Å². The van der Waals surface area contributed by atoms with Crippen LogP contribution in [-0.2, 0) is 22.7 Å². The Morgan fingerprint density at radius 2 is 1.88 bits per heavy atom. The lowest BCUT2D eigenvalue weighted by Gasteiger charge is -2.05. The minimum Gasteiger partial charge on any atom is -0.459 e. The molecule has 25 heavy (non-hydrogen) atoms. The first-order chi connectivity index (χ1) is 12.1. The average Bonchev–Trinajstić information content (AvgIpc) is 3.09. The number of ether oxygens (including phenoxy) is 1. The molecule has 1 heterocycles. The molecule has 8 heteroatoms. The van der Waals surface area contributed by atoms with Crippen LogP contribution >= 0.6 is 23.4 Å². The number of esters is 1. The van der Waals surface area contributed by atoms with E-state index in [9.17, 15) is 4.79 Å². The molecule has 0 N–H and O–H groups in total. The van der Waals surface area contributed by atoms with Crippen molar-refractivity contribution < 1.29 is 9.53 Å². The van der Waals surface area contributed by atoms with E-state index in [1.165, 1.54) is 4.80 Å². The van der Waals surface area contributed by atoms with E-state index in [1.807, 2.05) is 30.5 Å². The Morgan fingerprint density at radius 3 is 2.56 bits per heavy atom. The summed E-state index contributed by atoms with van der Waals surface area (Å²) in [4.78, 5) is 14.3. The molecule has 0 spiro atoms. The highest BCUT2D eigenvalue weighted by atomic mass is 35.5. The number of hydrogen-bond acceptors (Lipinski definition) is 6. The van der Waals surface area contributed by atoms with Crippen LogP contribution in [0.15, 0.2) is 53.4 Å². The van der Waals surface area contributed by atoms with Crippen molar-refractivity contribution in [3.63, 3.8) is 0 Å². The van der Waals surface area contributed by atoms with Gasteiger partial charge in [-0.25, -0.2) is 4.79 Å². The average molecular weight is 375 g/mol. The van der Waals surface area contributed by atoms with Crippen LogP contribution in [0.25, 0.3) is 11.4 Å². The molecule has 0 atom stereocenters. The molecule has 128 valence electrons. The van der Waals surface area contributed by atoms with Crippen LogP contribution in [0.4, 0.5) is 0 Å². The molecule has 2 aromatic carbocycles. The van der Waals surface area contributed by atoms with Gasteiger partial charge in [0.25, 0.3) is 0 Å². The number of aromatic nitrogens is 4. The summed E-state index contributed by atoms with van der Waals surface area (Å²) in [6.07, 6.45) is 2.01. The molecule has 0 fully saturated rings. The lowest BCUT2D eigenvalue weighted by Crippen LogP contribution is -2.15. The van der Waals surface area contributed by atoms with Gasteiger partial charge in [0, 0.05) is 15.5 Å². The molecule has 0 aliphatic rings. The van der Waals surface area contributed by atoms with Crippen molar-refractivity contribution in [3.8, 4) is 11.4 Å². The highest BCUT2D eigenvalue weighted by Gasteiger charge is 2.10. The van der Waals surface area contributed by atoms with Gasteiger partial charge in [-0.15, -0.1) is 22.0 Å². The molecule has 0 amide bonds. The van der Waals surface area contributed by atoms with Crippen LogP contribution in [0.1, 0.15) is 5.56 Å². The van der Waals surface area contributed by atoms with Crippen LogP contribution in [0, 0.1) is 0 Å². The number of nitrogens with zero attached hydrogens (tertiary/aromatic N) is 4. The molecular weight excluding hydrogens is 360 g/mol. The Morgan fingerprint density at radius 1 is 1.16 bits per heavy atom. The fourth-order valence-electron chi connectivity index (χ4n) is 2.07. The van der Waals surface area contributed by atoms with Gasteiger partial charge in [0.2, 0.25) is 5.82 Å². The zero-order valence-corrected chi connectivity index (χ0v) is 15.0. The summed E-state index contributed by atoms with van der Waals surface area (Å²) < 4.78 is 5.24. The Bertz CT molecular complexity index is 850. The minimum atomic E-state index is -0.422. The Balaban J connectivity index is 1.55. The smallest absolute Gasteiger partial charge is 0.330 e. The Kier molecular flexibility index (Phi) is 5.67. The highest BCUT2D eigenvalue weighted by molar-refractivity contribution is 7.98. The summed E-state index contributed by atoms with van der Waals surface area (Å²) in [5.41, 5.74) is 1.71. The lowest BCUT2D eigenvalue weighted by molar-refractivity contribution is -0.146. The van der Waals surface area contributed by atoms with E-state index < -0.39 is 5.97 Å². The van der Waals surface area contributed by atoms with Crippen molar-refractivity contribution in [1.29, 1.82) is 0 Å². The number of hydrogen-bond donors (Lipinski definition) is 0. The molecule has 0 aliphatic heterocycles. The normalized spacial score (nSPS) is 10.6. The molecule has 3 aromatic rings. The molecule has 0 saturated heterocycles. The van der Waals surface area contributed by atoms with Gasteiger partial charge in [-0.2, -0.15) is 4.80 Å². The summed E-state index contributed by atoms with van der Waals surface area (Å²) in [7, 11) is 0. The molecule has 0 unspecified atom stereocenters. The van der Waals surface area contributed by atoms with Crippen molar-refractivity contribution in [2.45, 2.75) is 18.0 Å². The third-order valence-corrected chi connectivity index (χ3v) is 4.38. The minimum absolute atomic E-state index is 0.0938. The first kappa shape index (κ1) is 17.4. The maximum absolute atomic E-state index is 11.9. The number of carbonyl (C=O) groups is 1. The van der Waals surface area contributed by atoms with Gasteiger partial charge in [-0.3, -0.25) is 0 Å². The number of benzene rings is 2. The molecule has 3 rings (SSSR count). The van der Waals surface area contributed by atoms with E-state index in [2.05, 4.69) is 15.4 Å². The van der Waals surface area contributed by atoms with Gasteiger partial charge in [0.1, 0.15) is 6.61 Å². The van der Waals surface area contributed by atoms with Gasteiger partial charge in [0.15, 0.2) is 6.54 Å². The van der Waals surface area contributed by atoms with Crippen LogP contribution in [0.2, 0.25) is 5.02 Å². The molecule has 0 bridgehead atoms. The molecular formula is C17H15ClN4O2S. The number of tetrazole rings is 1. The molecule has 6 nitrogen and oxygen atoms in total. The zero-order chi connectivity index (χ0) is 17.6. The summed E-state index contributed by atoms with van der Waals surface area (Å²) in [5.74, 6) is 0.00567. The van der Waals surface area contributed by atoms with Crippen molar-refractivity contribution >= 4 is 29.3 Å². The Labute approximate surface area is 154 Å². The quantitative estimate of drug-likeness (QED) is 0.486. The topological polar surface area (TPSA) is 69.9 Å². The first-order valence-electron chi connectivity index (χ1n) is 7.46. The van der Waals surface area contributed by atoms with Crippen molar-refractivity contribution in [1.82, 2.24) is 20.2 Å². The van der Waals surface area contributed by atoms with Crippen LogP contribution in [0.5, 0.6) is 0 Å². The third kappa shape index (κ3) is 4.80. The van der Waals surface area contributed by atoms with E-state index in [0.717, 1.165) is 16.0 Å². The van der Waals surface area contributed by atoms with Crippen LogP contribution in [0.3, 0.4) is 0 Å². The summed E-state index contributed by atoms with van der Waals surface area (Å²) >= 11 is 7.51. The second kappa shape index (κ2) is 8.13. The van der Waals surface area contributed by atoms with Gasteiger partial charge < -0.3 is 4.74 Å². The molecule has 0 radical (unpaired) electrons. The predicted octanol–water partition coefficient (Wildman–Crippen LogP) is 3.46. The first-order valence-corrected chi connectivity index (χ1v) is 9.06. The predicted molar refractivity (Wildman–Crippen MR) is 96.3 cm³/mol. The molecule has 0 aliphatic carbocycles. The standard InChI is InChI=1S/C17H15ClN4O2S/c1-25-15-8-2-12(3-9-15)11-24-16(23)10-22-20-17(19-21-22)13-4-6-14(18)7-5-13/h2-9H,10-11H2,1H3. The van der Waals surface area contributed by atoms with Gasteiger partial charge in [0.05, 0.1) is 0 Å². The summed E-state index contributed by atoms with van der Waals surface area (Å²) in [6, 6.07) is 14.9. The van der Waals surface area contributed by atoms with Gasteiger partial charge in [-0.1, -0.05) is 23.7 Å². The monoisotopic (exact) mass is 374 g/mol. The lowest BCUT2D eigenvalue weighted by atomic mass is 10.2. The third-order valence-electron chi connectivity index (χ3n) is 3.38.